The fourth-order valence-electron chi connectivity index (χ4n) is 2.66. The van der Waals surface area contributed by atoms with Crippen LogP contribution in [0.15, 0.2) is 57.7 Å². The van der Waals surface area contributed by atoms with Gasteiger partial charge in [-0.15, -0.1) is 0 Å². The molecule has 2 aromatic carbocycles. The monoisotopic (exact) mass is 395 g/mol. The maximum absolute atomic E-state index is 12.1. The standard InChI is InChI=1S/C22H21NO6/c1-13(2)23-21(25)18-10-15-7-8-17(11-19(15)29-22(18)26)28-20(24)12-27-16-6-4-5-14(3)9-16/h4-11,13H,12H2,1-3H3,(H,23,25). The Morgan fingerprint density at radius 1 is 1.07 bits per heavy atom. The van der Waals surface area contributed by atoms with E-state index in [4.69, 9.17) is 13.9 Å². The quantitative estimate of drug-likeness (QED) is 0.391. The molecule has 1 amide bonds. The molecule has 3 aromatic rings. The van der Waals surface area contributed by atoms with Crippen LogP contribution in [0.25, 0.3) is 11.0 Å². The lowest BCUT2D eigenvalue weighted by Crippen LogP contribution is -2.33. The fourth-order valence-corrected chi connectivity index (χ4v) is 2.66. The third kappa shape index (κ3) is 5.22. The van der Waals surface area contributed by atoms with Crippen molar-refractivity contribution in [3.63, 3.8) is 0 Å². The topological polar surface area (TPSA) is 94.8 Å². The lowest BCUT2D eigenvalue weighted by molar-refractivity contribution is -0.136. The van der Waals surface area contributed by atoms with E-state index in [0.717, 1.165) is 5.56 Å². The summed E-state index contributed by atoms with van der Waals surface area (Å²) in [4.78, 5) is 36.2. The molecule has 1 N–H and O–H groups in total. The Hall–Kier alpha value is -3.61. The predicted octanol–water partition coefficient (Wildman–Crippen LogP) is 3.22. The van der Waals surface area contributed by atoms with Crippen molar-refractivity contribution in [3.8, 4) is 11.5 Å². The lowest BCUT2D eigenvalue weighted by atomic mass is 10.1. The predicted molar refractivity (Wildman–Crippen MR) is 107 cm³/mol. The smallest absolute Gasteiger partial charge is 0.349 e. The second kappa shape index (κ2) is 8.60. The van der Waals surface area contributed by atoms with Gasteiger partial charge in [0.05, 0.1) is 0 Å². The van der Waals surface area contributed by atoms with Gasteiger partial charge >= 0.3 is 11.6 Å². The second-order valence-corrected chi connectivity index (χ2v) is 6.85. The van der Waals surface area contributed by atoms with Crippen molar-refractivity contribution in [2.24, 2.45) is 0 Å². The average Bonchev–Trinajstić information content (AvgIpc) is 2.65. The van der Waals surface area contributed by atoms with E-state index in [1.165, 1.54) is 12.1 Å². The third-order valence-corrected chi connectivity index (χ3v) is 3.95. The van der Waals surface area contributed by atoms with Crippen molar-refractivity contribution in [1.82, 2.24) is 5.32 Å². The molecule has 0 aliphatic rings. The molecular weight excluding hydrogens is 374 g/mol. The van der Waals surface area contributed by atoms with Gasteiger partial charge in [0.25, 0.3) is 5.91 Å². The number of rotatable bonds is 6. The lowest BCUT2D eigenvalue weighted by Gasteiger charge is -2.09. The van der Waals surface area contributed by atoms with Crippen molar-refractivity contribution in [2.45, 2.75) is 26.8 Å². The molecule has 0 aliphatic carbocycles. The number of aryl methyl sites for hydroxylation is 1. The van der Waals surface area contributed by atoms with Crippen LogP contribution in [0.5, 0.6) is 11.5 Å². The van der Waals surface area contributed by atoms with Gasteiger partial charge in [-0.25, -0.2) is 9.59 Å². The van der Waals surface area contributed by atoms with Crippen LogP contribution in [0, 0.1) is 6.92 Å². The summed E-state index contributed by atoms with van der Waals surface area (Å²) >= 11 is 0. The highest BCUT2D eigenvalue weighted by Crippen LogP contribution is 2.21. The molecule has 0 saturated carbocycles. The zero-order valence-electron chi connectivity index (χ0n) is 16.4. The van der Waals surface area contributed by atoms with E-state index >= 15 is 0 Å². The van der Waals surface area contributed by atoms with Gasteiger partial charge in [-0.3, -0.25) is 4.79 Å². The van der Waals surface area contributed by atoms with Gasteiger partial charge < -0.3 is 19.2 Å². The van der Waals surface area contributed by atoms with Gasteiger partial charge in [-0.1, -0.05) is 12.1 Å². The van der Waals surface area contributed by atoms with Crippen molar-refractivity contribution in [1.29, 1.82) is 0 Å². The molecule has 0 bridgehead atoms. The highest BCUT2D eigenvalue weighted by atomic mass is 16.6. The van der Waals surface area contributed by atoms with Gasteiger partial charge in [0.2, 0.25) is 0 Å². The van der Waals surface area contributed by atoms with Crippen LogP contribution in [0.4, 0.5) is 0 Å². The summed E-state index contributed by atoms with van der Waals surface area (Å²) in [6.45, 7) is 5.25. The first-order valence-corrected chi connectivity index (χ1v) is 9.11. The summed E-state index contributed by atoms with van der Waals surface area (Å²) in [5, 5.41) is 3.19. The Bertz CT molecular complexity index is 1120. The molecule has 0 atom stereocenters. The third-order valence-electron chi connectivity index (χ3n) is 3.95. The molecule has 7 nitrogen and oxygen atoms in total. The number of amides is 1. The summed E-state index contributed by atoms with van der Waals surface area (Å²) in [6, 6.07) is 13.2. The van der Waals surface area contributed by atoms with Crippen LogP contribution in [0.1, 0.15) is 29.8 Å². The summed E-state index contributed by atoms with van der Waals surface area (Å²) in [6.07, 6.45) is 0. The molecule has 0 spiro atoms. The Morgan fingerprint density at radius 3 is 2.59 bits per heavy atom. The molecule has 3 rings (SSSR count). The number of hydrogen-bond donors (Lipinski definition) is 1. The van der Waals surface area contributed by atoms with Crippen molar-refractivity contribution in [3.05, 3.63) is 70.1 Å². The van der Waals surface area contributed by atoms with Crippen LogP contribution in [0.2, 0.25) is 0 Å². The number of benzene rings is 2. The van der Waals surface area contributed by atoms with Crippen LogP contribution >= 0.6 is 0 Å². The Balaban J connectivity index is 1.71. The first kappa shape index (κ1) is 20.1. The van der Waals surface area contributed by atoms with Gasteiger partial charge in [-0.2, -0.15) is 0 Å². The summed E-state index contributed by atoms with van der Waals surface area (Å²) < 4.78 is 15.9. The van der Waals surface area contributed by atoms with Crippen LogP contribution < -0.4 is 20.4 Å². The molecular formula is C22H21NO6. The molecule has 0 fully saturated rings. The van der Waals surface area contributed by atoms with E-state index in [1.54, 1.807) is 32.0 Å². The van der Waals surface area contributed by atoms with Gasteiger partial charge in [0.15, 0.2) is 6.61 Å². The minimum Gasteiger partial charge on any atom is -0.482 e. The molecule has 29 heavy (non-hydrogen) atoms. The van der Waals surface area contributed by atoms with E-state index in [1.807, 2.05) is 25.1 Å². The molecule has 0 unspecified atom stereocenters. The minimum atomic E-state index is -0.762. The first-order valence-electron chi connectivity index (χ1n) is 9.11. The Labute approximate surface area is 167 Å². The van der Waals surface area contributed by atoms with Gasteiger partial charge in [-0.05, 0) is 56.7 Å². The largest absolute Gasteiger partial charge is 0.482 e. The molecule has 0 saturated heterocycles. The fraction of sp³-hybridized carbons (Fsp3) is 0.227. The average molecular weight is 395 g/mol. The van der Waals surface area contributed by atoms with E-state index in [2.05, 4.69) is 5.32 Å². The Kier molecular flexibility index (Phi) is 5.97. The molecule has 1 heterocycles. The van der Waals surface area contributed by atoms with Crippen LogP contribution in [0.3, 0.4) is 0 Å². The SMILES string of the molecule is Cc1cccc(OCC(=O)Oc2ccc3cc(C(=O)NC(C)C)c(=O)oc3c2)c1. The maximum atomic E-state index is 12.1. The number of nitrogens with one attached hydrogen (secondary N) is 1. The van der Waals surface area contributed by atoms with Crippen LogP contribution in [-0.2, 0) is 4.79 Å². The van der Waals surface area contributed by atoms with Gasteiger partial charge in [0, 0.05) is 17.5 Å². The maximum Gasteiger partial charge on any atom is 0.349 e. The first-order chi connectivity index (χ1) is 13.8. The van der Waals surface area contributed by atoms with Crippen molar-refractivity contribution >= 4 is 22.8 Å². The highest BCUT2D eigenvalue weighted by Gasteiger charge is 2.15. The molecule has 0 radical (unpaired) electrons. The summed E-state index contributed by atoms with van der Waals surface area (Å²) in [5.74, 6) is -0.322. The van der Waals surface area contributed by atoms with E-state index < -0.39 is 17.5 Å². The molecule has 0 aliphatic heterocycles. The van der Waals surface area contributed by atoms with Crippen molar-refractivity contribution in [2.75, 3.05) is 6.61 Å². The zero-order valence-corrected chi connectivity index (χ0v) is 16.4. The number of fused-ring (bicyclic) bond motifs is 1. The van der Waals surface area contributed by atoms with Crippen molar-refractivity contribution < 1.29 is 23.5 Å². The summed E-state index contributed by atoms with van der Waals surface area (Å²) in [5.41, 5.74) is 0.382. The normalized spacial score (nSPS) is 10.8. The second-order valence-electron chi connectivity index (χ2n) is 6.85. The number of esters is 1. The minimum absolute atomic E-state index is 0.0810. The highest BCUT2D eigenvalue weighted by molar-refractivity contribution is 5.96. The van der Waals surface area contributed by atoms with Gasteiger partial charge in [0.1, 0.15) is 22.6 Å². The van der Waals surface area contributed by atoms with E-state index in [9.17, 15) is 14.4 Å². The van der Waals surface area contributed by atoms with E-state index in [0.29, 0.717) is 11.1 Å². The number of hydrogen-bond acceptors (Lipinski definition) is 6. The number of ether oxygens (including phenoxy) is 2. The van der Waals surface area contributed by atoms with E-state index in [-0.39, 0.29) is 29.5 Å². The molecule has 1 aromatic heterocycles. The Morgan fingerprint density at radius 2 is 1.86 bits per heavy atom. The molecule has 150 valence electrons. The van der Waals surface area contributed by atoms with Crippen LogP contribution in [-0.4, -0.2) is 24.5 Å². The number of carbonyl (C=O) groups excluding carboxylic acids is 2. The summed E-state index contributed by atoms with van der Waals surface area (Å²) in [7, 11) is 0. The zero-order chi connectivity index (χ0) is 21.0. The molecule has 7 heteroatoms. The number of carbonyl (C=O) groups is 2.